The van der Waals surface area contributed by atoms with Crippen LogP contribution in [0.5, 0.6) is 0 Å². The molecule has 0 spiro atoms. The van der Waals surface area contributed by atoms with Crippen molar-refractivity contribution < 1.29 is 26.4 Å². The summed E-state index contributed by atoms with van der Waals surface area (Å²) in [6.45, 7) is -0.139. The highest BCUT2D eigenvalue weighted by atomic mass is 35.5. The number of fused-ring (bicyclic) bond motifs is 1. The van der Waals surface area contributed by atoms with E-state index in [1.807, 2.05) is 6.07 Å². The first kappa shape index (κ1) is 22.1. The molecule has 0 fully saturated rings. The van der Waals surface area contributed by atoms with Crippen molar-refractivity contribution in [3.05, 3.63) is 53.1 Å². The standard InChI is InChI=1S/C18H16ClF3N4O3S/c19-13-8-7-11(10-12(13)18(20,21)22)30(28,29)23-9-3-6-16(27)26-17-24-14-4-1-2-5-15(14)25-17/h1-2,4-5,7-8,10,23H,3,6,9H2,(H2,24,25,26,27). The Labute approximate surface area is 174 Å². The highest BCUT2D eigenvalue weighted by Crippen LogP contribution is 2.35. The molecule has 0 radical (unpaired) electrons. The molecule has 0 saturated heterocycles. The van der Waals surface area contributed by atoms with Crippen LogP contribution in [0.15, 0.2) is 47.4 Å². The fraction of sp³-hybridized carbons (Fsp3) is 0.222. The normalized spacial score (nSPS) is 12.3. The predicted octanol–water partition coefficient (Wildman–Crippen LogP) is 3.93. The van der Waals surface area contributed by atoms with E-state index >= 15 is 0 Å². The Morgan fingerprint density at radius 2 is 1.90 bits per heavy atom. The van der Waals surface area contributed by atoms with E-state index < -0.39 is 31.7 Å². The third-order valence-electron chi connectivity index (χ3n) is 4.07. The molecule has 3 N–H and O–H groups in total. The predicted molar refractivity (Wildman–Crippen MR) is 106 cm³/mol. The second kappa shape index (κ2) is 8.62. The molecule has 0 atom stereocenters. The van der Waals surface area contributed by atoms with Crippen molar-refractivity contribution in [2.45, 2.75) is 23.9 Å². The van der Waals surface area contributed by atoms with E-state index in [0.717, 1.165) is 17.6 Å². The summed E-state index contributed by atoms with van der Waals surface area (Å²) >= 11 is 5.50. The third-order valence-corrected chi connectivity index (χ3v) is 5.86. The molecule has 1 amide bonds. The first-order valence-electron chi connectivity index (χ1n) is 8.67. The quantitative estimate of drug-likeness (QED) is 0.465. The summed E-state index contributed by atoms with van der Waals surface area (Å²) < 4.78 is 65.3. The Bertz CT molecular complexity index is 1150. The number of carbonyl (C=O) groups is 1. The summed E-state index contributed by atoms with van der Waals surface area (Å²) in [5.41, 5.74) is 0.195. The molecule has 160 valence electrons. The molecule has 0 aliphatic carbocycles. The number of amides is 1. The van der Waals surface area contributed by atoms with Gasteiger partial charge in [0.1, 0.15) is 0 Å². The lowest BCUT2D eigenvalue weighted by molar-refractivity contribution is -0.137. The van der Waals surface area contributed by atoms with Crippen LogP contribution in [0.1, 0.15) is 18.4 Å². The van der Waals surface area contributed by atoms with Crippen LogP contribution in [0, 0.1) is 0 Å². The second-order valence-electron chi connectivity index (χ2n) is 6.29. The maximum Gasteiger partial charge on any atom is 0.417 e. The zero-order chi connectivity index (χ0) is 21.9. The van der Waals surface area contributed by atoms with Gasteiger partial charge in [-0.25, -0.2) is 18.1 Å². The fourth-order valence-corrected chi connectivity index (χ4v) is 3.96. The van der Waals surface area contributed by atoms with Gasteiger partial charge in [-0.3, -0.25) is 10.1 Å². The van der Waals surface area contributed by atoms with Gasteiger partial charge in [0.05, 0.1) is 26.5 Å². The molecule has 0 saturated carbocycles. The fourth-order valence-electron chi connectivity index (χ4n) is 2.63. The SMILES string of the molecule is O=C(CCCNS(=O)(=O)c1ccc(Cl)c(C(F)(F)F)c1)Nc1nc2ccccc2[nH]1. The zero-order valence-electron chi connectivity index (χ0n) is 15.3. The van der Waals surface area contributed by atoms with E-state index in [2.05, 4.69) is 20.0 Å². The monoisotopic (exact) mass is 460 g/mol. The van der Waals surface area contributed by atoms with Crippen LogP contribution in [0.2, 0.25) is 5.02 Å². The van der Waals surface area contributed by atoms with Crippen LogP contribution < -0.4 is 10.0 Å². The van der Waals surface area contributed by atoms with Gasteiger partial charge in [0.15, 0.2) is 0 Å². The van der Waals surface area contributed by atoms with Crippen LogP contribution >= 0.6 is 11.6 Å². The number of nitrogens with one attached hydrogen (secondary N) is 3. The van der Waals surface area contributed by atoms with Crippen molar-refractivity contribution in [3.63, 3.8) is 0 Å². The Morgan fingerprint density at radius 1 is 1.17 bits per heavy atom. The lowest BCUT2D eigenvalue weighted by Crippen LogP contribution is -2.26. The summed E-state index contributed by atoms with van der Waals surface area (Å²) in [5.74, 6) is -0.123. The number of sulfonamides is 1. The first-order valence-corrected chi connectivity index (χ1v) is 10.5. The smallest absolute Gasteiger partial charge is 0.324 e. The van der Waals surface area contributed by atoms with Crippen LogP contribution in [-0.2, 0) is 21.0 Å². The molecule has 1 heterocycles. The van der Waals surface area contributed by atoms with Crippen molar-refractivity contribution >= 4 is 44.5 Å². The number of hydrogen-bond acceptors (Lipinski definition) is 4. The lowest BCUT2D eigenvalue weighted by Gasteiger charge is -2.12. The molecule has 0 unspecified atom stereocenters. The highest BCUT2D eigenvalue weighted by molar-refractivity contribution is 7.89. The minimum atomic E-state index is -4.78. The van der Waals surface area contributed by atoms with Gasteiger partial charge in [0, 0.05) is 13.0 Å². The number of imidazole rings is 1. The second-order valence-corrected chi connectivity index (χ2v) is 8.47. The minimum Gasteiger partial charge on any atom is -0.324 e. The largest absolute Gasteiger partial charge is 0.417 e. The topological polar surface area (TPSA) is 104 Å². The van der Waals surface area contributed by atoms with Gasteiger partial charge in [-0.15, -0.1) is 0 Å². The van der Waals surface area contributed by atoms with Crippen LogP contribution in [0.3, 0.4) is 0 Å². The number of nitrogens with zero attached hydrogens (tertiary/aromatic N) is 1. The summed E-state index contributed by atoms with van der Waals surface area (Å²) in [6, 6.07) is 9.52. The van der Waals surface area contributed by atoms with Gasteiger partial charge in [-0.2, -0.15) is 13.2 Å². The Kier molecular flexibility index (Phi) is 6.34. The summed E-state index contributed by atoms with van der Waals surface area (Å²) in [5, 5.41) is 1.97. The van der Waals surface area contributed by atoms with Crippen molar-refractivity contribution in [1.29, 1.82) is 0 Å². The molecule has 2 aromatic carbocycles. The number of benzene rings is 2. The summed E-state index contributed by atoms with van der Waals surface area (Å²) in [6.07, 6.45) is -4.67. The Morgan fingerprint density at radius 3 is 2.60 bits per heavy atom. The maximum atomic E-state index is 12.9. The molecule has 0 aliphatic rings. The van der Waals surface area contributed by atoms with Crippen molar-refractivity contribution in [1.82, 2.24) is 14.7 Å². The van der Waals surface area contributed by atoms with Gasteiger partial charge in [0.25, 0.3) is 0 Å². The van der Waals surface area contributed by atoms with Gasteiger partial charge >= 0.3 is 6.18 Å². The number of para-hydroxylation sites is 2. The number of aromatic amines is 1. The number of alkyl halides is 3. The van der Waals surface area contributed by atoms with Gasteiger partial charge in [0.2, 0.25) is 21.9 Å². The van der Waals surface area contributed by atoms with E-state index in [4.69, 9.17) is 11.6 Å². The number of H-pyrrole nitrogens is 1. The van der Waals surface area contributed by atoms with Crippen LogP contribution in [0.4, 0.5) is 19.1 Å². The molecule has 0 bridgehead atoms. The Balaban J connectivity index is 1.53. The number of anilines is 1. The van der Waals surface area contributed by atoms with Crippen LogP contribution in [-0.4, -0.2) is 30.8 Å². The molecular formula is C18H16ClF3N4O3S. The molecular weight excluding hydrogens is 445 g/mol. The summed E-state index contributed by atoms with van der Waals surface area (Å²) in [4.78, 5) is 18.5. The third kappa shape index (κ3) is 5.29. The van der Waals surface area contributed by atoms with E-state index in [9.17, 15) is 26.4 Å². The molecule has 7 nitrogen and oxygen atoms in total. The summed E-state index contributed by atoms with van der Waals surface area (Å²) in [7, 11) is -4.19. The number of aromatic nitrogens is 2. The lowest BCUT2D eigenvalue weighted by atomic mass is 10.2. The number of rotatable bonds is 7. The van der Waals surface area contributed by atoms with E-state index in [-0.39, 0.29) is 31.2 Å². The van der Waals surface area contributed by atoms with Crippen LogP contribution in [0.25, 0.3) is 11.0 Å². The zero-order valence-corrected chi connectivity index (χ0v) is 16.8. The molecule has 1 aromatic heterocycles. The molecule has 0 aliphatic heterocycles. The molecule has 12 heteroatoms. The average molecular weight is 461 g/mol. The maximum absolute atomic E-state index is 12.9. The minimum absolute atomic E-state index is 0.0199. The van der Waals surface area contributed by atoms with Crippen molar-refractivity contribution in [2.24, 2.45) is 0 Å². The Hall–Kier alpha value is -2.63. The van der Waals surface area contributed by atoms with Gasteiger partial charge < -0.3 is 4.98 Å². The van der Waals surface area contributed by atoms with E-state index in [0.29, 0.717) is 11.6 Å². The van der Waals surface area contributed by atoms with Crippen molar-refractivity contribution in [2.75, 3.05) is 11.9 Å². The number of hydrogen-bond donors (Lipinski definition) is 3. The average Bonchev–Trinajstić information content (AvgIpc) is 3.06. The van der Waals surface area contributed by atoms with Crippen molar-refractivity contribution in [3.8, 4) is 0 Å². The number of halogens is 4. The highest BCUT2D eigenvalue weighted by Gasteiger charge is 2.34. The first-order chi connectivity index (χ1) is 14.1. The van der Waals surface area contributed by atoms with Gasteiger partial charge in [-0.05, 0) is 36.8 Å². The van der Waals surface area contributed by atoms with E-state index in [1.54, 1.807) is 18.2 Å². The molecule has 3 aromatic rings. The van der Waals surface area contributed by atoms with Gasteiger partial charge in [-0.1, -0.05) is 23.7 Å². The molecule has 3 rings (SSSR count). The number of carbonyl (C=O) groups excluding carboxylic acids is 1. The molecule has 30 heavy (non-hydrogen) atoms. The van der Waals surface area contributed by atoms with E-state index in [1.165, 1.54) is 0 Å².